The van der Waals surface area contributed by atoms with E-state index >= 15 is 0 Å². The Morgan fingerprint density at radius 1 is 0.867 bits per heavy atom. The Bertz CT molecular complexity index is 988. The molecule has 0 spiro atoms. The van der Waals surface area contributed by atoms with Gasteiger partial charge in [-0.3, -0.25) is 0 Å². The molecule has 0 bridgehead atoms. The van der Waals surface area contributed by atoms with Gasteiger partial charge in [-0.25, -0.2) is 0 Å². The lowest BCUT2D eigenvalue weighted by Crippen LogP contribution is -2.53. The van der Waals surface area contributed by atoms with Gasteiger partial charge in [-0.2, -0.15) is 0 Å². The third-order valence-electron chi connectivity index (χ3n) is 4.90. The first-order valence-electron chi connectivity index (χ1n) is 9.03. The van der Waals surface area contributed by atoms with Gasteiger partial charge in [0.05, 0.1) is 12.2 Å². The summed E-state index contributed by atoms with van der Waals surface area (Å²) in [6.07, 6.45) is -5.33. The van der Waals surface area contributed by atoms with Crippen LogP contribution in [0.1, 0.15) is 17.2 Å². The molecule has 0 aromatic heterocycles. The molecular formula is C20H20O10. The summed E-state index contributed by atoms with van der Waals surface area (Å²) in [5.74, 6) is -1.12. The number of ether oxygens (including phenoxy) is 3. The van der Waals surface area contributed by atoms with Crippen molar-refractivity contribution in [1.82, 2.24) is 0 Å². The minimum absolute atomic E-state index is 0.0428. The van der Waals surface area contributed by atoms with Gasteiger partial charge in [0.2, 0.25) is 6.29 Å². The van der Waals surface area contributed by atoms with Crippen LogP contribution in [0.15, 0.2) is 36.1 Å². The van der Waals surface area contributed by atoms with E-state index in [-0.39, 0.29) is 40.9 Å². The Kier molecular flexibility index (Phi) is 5.08. The van der Waals surface area contributed by atoms with Crippen molar-refractivity contribution in [2.24, 2.45) is 0 Å². The maximum atomic E-state index is 10.2. The molecule has 2 aromatic rings. The van der Waals surface area contributed by atoms with Crippen molar-refractivity contribution >= 4 is 6.08 Å². The summed E-state index contributed by atoms with van der Waals surface area (Å²) >= 11 is 0. The van der Waals surface area contributed by atoms with E-state index in [2.05, 4.69) is 0 Å². The monoisotopic (exact) mass is 420 g/mol. The molecule has 4 rings (SSSR count). The fourth-order valence-electron chi connectivity index (χ4n) is 3.29. The lowest BCUT2D eigenvalue weighted by Gasteiger charge is -2.37. The van der Waals surface area contributed by atoms with Crippen LogP contribution in [0.5, 0.6) is 28.7 Å². The summed E-state index contributed by atoms with van der Waals surface area (Å²) < 4.78 is 16.8. The van der Waals surface area contributed by atoms with E-state index in [1.807, 2.05) is 0 Å². The first-order valence-corrected chi connectivity index (χ1v) is 9.03. The molecule has 5 unspecified atom stereocenters. The average molecular weight is 420 g/mol. The van der Waals surface area contributed by atoms with Crippen molar-refractivity contribution in [3.8, 4) is 28.7 Å². The number of benzene rings is 2. The summed E-state index contributed by atoms with van der Waals surface area (Å²) in [6, 6.07) is 6.33. The number of hydrogen-bond donors (Lipinski definition) is 7. The Morgan fingerprint density at radius 3 is 2.37 bits per heavy atom. The average Bonchev–Trinajstić information content (AvgIpc) is 2.70. The van der Waals surface area contributed by atoms with Crippen molar-refractivity contribution in [3.63, 3.8) is 0 Å². The molecule has 5 atom stereocenters. The molecule has 0 radical (unpaired) electrons. The minimum Gasteiger partial charge on any atom is -0.508 e. The number of aliphatic hydroxyl groups excluding tert-OH is 3. The molecule has 2 aliphatic heterocycles. The molecule has 7 N–H and O–H groups in total. The number of fused-ring (bicyclic) bond motifs is 1. The molecule has 0 amide bonds. The number of phenolic OH excluding ortho intramolecular Hbond substituents is 4. The van der Waals surface area contributed by atoms with E-state index in [9.17, 15) is 35.7 Å². The molecule has 160 valence electrons. The van der Waals surface area contributed by atoms with Crippen LogP contribution in [-0.4, -0.2) is 67.0 Å². The van der Waals surface area contributed by atoms with E-state index in [0.29, 0.717) is 5.56 Å². The smallest absolute Gasteiger partial charge is 0.228 e. The molecule has 2 aromatic carbocycles. The van der Waals surface area contributed by atoms with E-state index < -0.39 is 36.5 Å². The van der Waals surface area contributed by atoms with Gasteiger partial charge in [0, 0.05) is 17.7 Å². The van der Waals surface area contributed by atoms with E-state index in [4.69, 9.17) is 14.2 Å². The predicted octanol–water partition coefficient (Wildman–Crippen LogP) is 0.439. The Hall–Kier alpha value is -3.18. The summed E-state index contributed by atoms with van der Waals surface area (Å²) in [4.78, 5) is 0. The topological polar surface area (TPSA) is 169 Å². The molecule has 30 heavy (non-hydrogen) atoms. The summed E-state index contributed by atoms with van der Waals surface area (Å²) in [5, 5.41) is 69.0. The molecule has 2 heterocycles. The normalized spacial score (nSPS) is 28.2. The zero-order chi connectivity index (χ0) is 21.6. The van der Waals surface area contributed by atoms with Crippen LogP contribution in [0, 0.1) is 0 Å². The fourth-order valence-corrected chi connectivity index (χ4v) is 3.29. The second-order valence-electron chi connectivity index (χ2n) is 7.04. The van der Waals surface area contributed by atoms with Crippen molar-refractivity contribution in [2.75, 3.05) is 6.61 Å². The molecule has 0 saturated carbocycles. The molecule has 10 heteroatoms. The number of hydrogen-bond acceptors (Lipinski definition) is 10. The lowest BCUT2D eigenvalue weighted by molar-refractivity contribution is -0.261. The van der Waals surface area contributed by atoms with Crippen molar-refractivity contribution in [3.05, 3.63) is 47.2 Å². The first kappa shape index (κ1) is 20.1. The second kappa shape index (κ2) is 7.58. The quantitative estimate of drug-likeness (QED) is 0.346. The molecule has 2 aliphatic rings. The van der Waals surface area contributed by atoms with Gasteiger partial charge < -0.3 is 50.0 Å². The Labute approximate surface area is 170 Å². The van der Waals surface area contributed by atoms with Gasteiger partial charge in [0.25, 0.3) is 0 Å². The minimum atomic E-state index is -1.57. The molecule has 1 saturated heterocycles. The zero-order valence-corrected chi connectivity index (χ0v) is 15.4. The van der Waals surface area contributed by atoms with Crippen LogP contribution < -0.4 is 4.74 Å². The number of aromatic hydroxyl groups is 4. The zero-order valence-electron chi connectivity index (χ0n) is 15.4. The lowest BCUT2D eigenvalue weighted by atomic mass is 10.0. The second-order valence-corrected chi connectivity index (χ2v) is 7.04. The Morgan fingerprint density at radius 2 is 1.63 bits per heavy atom. The Balaban J connectivity index is 1.73. The summed E-state index contributed by atoms with van der Waals surface area (Å²) in [6.45, 7) is -0.280. The SMILES string of the molecule is Oc1cc(O)c2c(c1)OC(c1ccc(O)c(O)c1)C(OC1OCC(O)C(O)C1O)=C2. The fraction of sp³-hybridized carbons (Fsp3) is 0.300. The van der Waals surface area contributed by atoms with E-state index in [0.717, 1.165) is 6.07 Å². The van der Waals surface area contributed by atoms with Crippen molar-refractivity contribution < 1.29 is 50.0 Å². The van der Waals surface area contributed by atoms with Crippen LogP contribution in [0.25, 0.3) is 6.08 Å². The molecule has 1 fully saturated rings. The van der Waals surface area contributed by atoms with E-state index in [1.165, 1.54) is 30.3 Å². The molecule has 0 aliphatic carbocycles. The van der Waals surface area contributed by atoms with Gasteiger partial charge in [0.15, 0.2) is 17.6 Å². The van der Waals surface area contributed by atoms with Crippen LogP contribution >= 0.6 is 0 Å². The van der Waals surface area contributed by atoms with Gasteiger partial charge in [-0.05, 0) is 18.2 Å². The largest absolute Gasteiger partial charge is 0.508 e. The standard InChI is InChI=1S/C20H20O10/c21-9-4-12(23)10-6-16(30-20-18(27)17(26)14(25)7-28-20)19(29-15(10)5-9)8-1-2-11(22)13(24)3-8/h1-6,14,17-27H,7H2. The first-order chi connectivity index (χ1) is 14.2. The van der Waals surface area contributed by atoms with Crippen LogP contribution in [0.2, 0.25) is 0 Å². The highest BCUT2D eigenvalue weighted by atomic mass is 16.7. The number of rotatable bonds is 3. The van der Waals surface area contributed by atoms with Crippen molar-refractivity contribution in [2.45, 2.75) is 30.7 Å². The highest BCUT2D eigenvalue weighted by Crippen LogP contribution is 2.45. The third-order valence-corrected chi connectivity index (χ3v) is 4.90. The third kappa shape index (κ3) is 3.57. The summed E-state index contributed by atoms with van der Waals surface area (Å²) in [5.41, 5.74) is 0.531. The van der Waals surface area contributed by atoms with E-state index in [1.54, 1.807) is 0 Å². The van der Waals surface area contributed by atoms with Gasteiger partial charge >= 0.3 is 0 Å². The van der Waals surface area contributed by atoms with Gasteiger partial charge in [0.1, 0.15) is 41.3 Å². The van der Waals surface area contributed by atoms with Crippen LogP contribution in [0.4, 0.5) is 0 Å². The number of aliphatic hydroxyl groups is 3. The van der Waals surface area contributed by atoms with Crippen LogP contribution in [-0.2, 0) is 9.47 Å². The maximum absolute atomic E-state index is 10.2. The highest BCUT2D eigenvalue weighted by molar-refractivity contribution is 5.69. The maximum Gasteiger partial charge on any atom is 0.228 e. The predicted molar refractivity (Wildman–Crippen MR) is 99.7 cm³/mol. The molecule has 10 nitrogen and oxygen atoms in total. The van der Waals surface area contributed by atoms with Gasteiger partial charge in [-0.15, -0.1) is 0 Å². The van der Waals surface area contributed by atoms with Crippen molar-refractivity contribution in [1.29, 1.82) is 0 Å². The highest BCUT2D eigenvalue weighted by Gasteiger charge is 2.41. The summed E-state index contributed by atoms with van der Waals surface area (Å²) in [7, 11) is 0. The van der Waals surface area contributed by atoms with Crippen LogP contribution in [0.3, 0.4) is 0 Å². The van der Waals surface area contributed by atoms with Gasteiger partial charge in [-0.1, -0.05) is 6.07 Å². The molecular weight excluding hydrogens is 400 g/mol. The number of phenols is 4.